The number of benzene rings is 1. The molecule has 0 aliphatic rings. The van der Waals surface area contributed by atoms with Crippen molar-refractivity contribution in [1.29, 1.82) is 0 Å². The Morgan fingerprint density at radius 2 is 2.18 bits per heavy atom. The smallest absolute Gasteiger partial charge is 0.168 e. The van der Waals surface area contributed by atoms with Crippen molar-refractivity contribution in [2.75, 3.05) is 11.9 Å². The van der Waals surface area contributed by atoms with Crippen LogP contribution in [0.25, 0.3) is 0 Å². The summed E-state index contributed by atoms with van der Waals surface area (Å²) in [5.74, 6) is 0. The van der Waals surface area contributed by atoms with Gasteiger partial charge in [0.1, 0.15) is 6.10 Å². The van der Waals surface area contributed by atoms with E-state index in [4.69, 9.17) is 9.47 Å². The third-order valence-corrected chi connectivity index (χ3v) is 3.71. The van der Waals surface area contributed by atoms with Crippen LogP contribution in [0.2, 0.25) is 0 Å². The van der Waals surface area contributed by atoms with E-state index in [0.717, 1.165) is 5.56 Å². The van der Waals surface area contributed by atoms with E-state index >= 15 is 0 Å². The summed E-state index contributed by atoms with van der Waals surface area (Å²) < 4.78 is 12.5. The van der Waals surface area contributed by atoms with Crippen LogP contribution in [0.15, 0.2) is 36.9 Å². The van der Waals surface area contributed by atoms with Gasteiger partial charge in [0.2, 0.25) is 0 Å². The highest BCUT2D eigenvalue weighted by atomic mass is 127. The first kappa shape index (κ1) is 15.1. The van der Waals surface area contributed by atoms with Crippen LogP contribution in [0.3, 0.4) is 0 Å². The first-order valence-corrected chi connectivity index (χ1v) is 7.63. The Kier molecular flexibility index (Phi) is 7.34. The topological polar surface area (TPSA) is 18.5 Å². The Hall–Kier alpha value is 0.0900. The number of hydrogen-bond acceptors (Lipinski definition) is 2. The average molecular weight is 411 g/mol. The molecule has 0 heterocycles. The Morgan fingerprint density at radius 3 is 2.71 bits per heavy atom. The van der Waals surface area contributed by atoms with Crippen LogP contribution in [-0.4, -0.2) is 18.2 Å². The zero-order valence-corrected chi connectivity index (χ0v) is 13.5. The van der Waals surface area contributed by atoms with E-state index in [0.29, 0.717) is 11.9 Å². The van der Waals surface area contributed by atoms with Crippen molar-refractivity contribution in [1.82, 2.24) is 0 Å². The molecule has 2 atom stereocenters. The van der Waals surface area contributed by atoms with Crippen LogP contribution in [0.5, 0.6) is 0 Å². The molecule has 2 nitrogen and oxygen atoms in total. The summed E-state index contributed by atoms with van der Waals surface area (Å²) in [4.78, 5) is 0. The Labute approximate surface area is 125 Å². The van der Waals surface area contributed by atoms with Gasteiger partial charge in [0.05, 0.1) is 5.33 Å². The molecule has 1 unspecified atom stereocenters. The average Bonchev–Trinajstić information content (AvgIpc) is 2.35. The third-order valence-electron chi connectivity index (χ3n) is 2.20. The lowest BCUT2D eigenvalue weighted by molar-refractivity contribution is -0.143. The van der Waals surface area contributed by atoms with Gasteiger partial charge in [-0.3, -0.25) is 0 Å². The fourth-order valence-electron chi connectivity index (χ4n) is 1.43. The molecule has 0 bridgehead atoms. The maximum absolute atomic E-state index is 5.86. The molecule has 94 valence electrons. The molecule has 0 saturated heterocycles. The molecule has 1 aromatic carbocycles. The second-order valence-corrected chi connectivity index (χ2v) is 5.16. The summed E-state index contributed by atoms with van der Waals surface area (Å²) in [7, 11) is 0. The maximum Gasteiger partial charge on any atom is 0.168 e. The minimum atomic E-state index is -0.251. The molecule has 1 rings (SSSR count). The van der Waals surface area contributed by atoms with E-state index in [-0.39, 0.29) is 12.4 Å². The zero-order valence-electron chi connectivity index (χ0n) is 9.74. The number of halogens is 2. The minimum Gasteiger partial charge on any atom is -0.352 e. The van der Waals surface area contributed by atoms with Crippen LogP contribution in [-0.2, 0) is 9.47 Å². The lowest BCUT2D eigenvalue weighted by Gasteiger charge is -2.22. The van der Waals surface area contributed by atoms with Crippen molar-refractivity contribution in [3.63, 3.8) is 0 Å². The highest BCUT2D eigenvalue weighted by molar-refractivity contribution is 14.1. The number of ether oxygens (including phenoxy) is 2. The zero-order chi connectivity index (χ0) is 12.7. The summed E-state index contributed by atoms with van der Waals surface area (Å²) >= 11 is 5.68. The number of alkyl halides is 1. The van der Waals surface area contributed by atoms with Crippen molar-refractivity contribution in [3.05, 3.63) is 46.1 Å². The fourth-order valence-corrected chi connectivity index (χ4v) is 2.47. The van der Waals surface area contributed by atoms with Crippen LogP contribution in [0.4, 0.5) is 0 Å². The van der Waals surface area contributed by atoms with E-state index in [1.165, 1.54) is 3.57 Å². The predicted octanol–water partition coefficient (Wildman–Crippen LogP) is 4.29. The van der Waals surface area contributed by atoms with E-state index in [1.807, 2.05) is 25.1 Å². The summed E-state index contributed by atoms with van der Waals surface area (Å²) in [6.07, 6.45) is 1.41. The van der Waals surface area contributed by atoms with Gasteiger partial charge in [-0.2, -0.15) is 0 Å². The first-order valence-electron chi connectivity index (χ1n) is 5.42. The first-order chi connectivity index (χ1) is 8.22. The maximum atomic E-state index is 5.86. The van der Waals surface area contributed by atoms with E-state index in [2.05, 4.69) is 51.2 Å². The summed E-state index contributed by atoms with van der Waals surface area (Å²) in [5, 5.41) is 0.647. The highest BCUT2D eigenvalue weighted by Crippen LogP contribution is 2.25. The molecule has 0 aliphatic heterocycles. The fraction of sp³-hybridized carbons (Fsp3) is 0.385. The van der Waals surface area contributed by atoms with Gasteiger partial charge in [-0.05, 0) is 41.1 Å². The summed E-state index contributed by atoms with van der Waals surface area (Å²) in [6.45, 7) is 6.41. The molecule has 17 heavy (non-hydrogen) atoms. The monoisotopic (exact) mass is 410 g/mol. The normalized spacial score (nSPS) is 14.3. The molecule has 0 amide bonds. The molecule has 0 spiro atoms. The molecule has 0 saturated carbocycles. The quantitative estimate of drug-likeness (QED) is 0.289. The van der Waals surface area contributed by atoms with Crippen LogP contribution < -0.4 is 0 Å². The van der Waals surface area contributed by atoms with E-state index < -0.39 is 0 Å². The van der Waals surface area contributed by atoms with E-state index in [1.54, 1.807) is 6.08 Å². The highest BCUT2D eigenvalue weighted by Gasteiger charge is 2.16. The Morgan fingerprint density at radius 1 is 1.47 bits per heavy atom. The summed E-state index contributed by atoms with van der Waals surface area (Å²) in [6, 6.07) is 8.11. The van der Waals surface area contributed by atoms with Gasteiger partial charge in [0.15, 0.2) is 6.29 Å². The van der Waals surface area contributed by atoms with Gasteiger partial charge in [-0.25, -0.2) is 0 Å². The van der Waals surface area contributed by atoms with Gasteiger partial charge in [0, 0.05) is 10.2 Å². The van der Waals surface area contributed by atoms with Gasteiger partial charge in [0.25, 0.3) is 0 Å². The molecule has 0 N–H and O–H groups in total. The molecule has 0 fully saturated rings. The summed E-state index contributed by atoms with van der Waals surface area (Å²) in [5.41, 5.74) is 1.12. The second-order valence-electron chi connectivity index (χ2n) is 3.35. The van der Waals surface area contributed by atoms with Crippen molar-refractivity contribution in [3.8, 4) is 0 Å². The van der Waals surface area contributed by atoms with Gasteiger partial charge >= 0.3 is 0 Å². The van der Waals surface area contributed by atoms with Crippen molar-refractivity contribution in [2.45, 2.75) is 19.3 Å². The van der Waals surface area contributed by atoms with Gasteiger partial charge in [-0.15, -0.1) is 6.58 Å². The minimum absolute atomic E-state index is 0.141. The molecular formula is C13H16BrIO2. The van der Waals surface area contributed by atoms with Crippen molar-refractivity contribution < 1.29 is 9.47 Å². The standard InChI is InChI=1S/C13H16BrIO2/c1-3-12(17-13(9-14)16-4-2)10-7-5-6-8-11(10)15/h3,5-8,12-13H,1,4,9H2,2H3/t12-,13?/m0/s1. The molecular weight excluding hydrogens is 395 g/mol. The van der Waals surface area contributed by atoms with Crippen molar-refractivity contribution >= 4 is 38.5 Å². The third kappa shape index (κ3) is 4.69. The molecule has 4 heteroatoms. The second kappa shape index (κ2) is 8.24. The molecule has 0 radical (unpaired) electrons. The largest absolute Gasteiger partial charge is 0.352 e. The lowest BCUT2D eigenvalue weighted by atomic mass is 10.1. The van der Waals surface area contributed by atoms with Gasteiger partial charge < -0.3 is 9.47 Å². The predicted molar refractivity (Wildman–Crippen MR) is 82.4 cm³/mol. The Bertz CT molecular complexity index is 357. The number of hydrogen-bond donors (Lipinski definition) is 0. The van der Waals surface area contributed by atoms with Crippen LogP contribution in [0, 0.1) is 3.57 Å². The number of rotatable bonds is 7. The molecule has 0 aliphatic carbocycles. The molecule has 0 aromatic heterocycles. The van der Waals surface area contributed by atoms with Crippen LogP contribution >= 0.6 is 38.5 Å². The Balaban J connectivity index is 2.78. The van der Waals surface area contributed by atoms with E-state index in [9.17, 15) is 0 Å². The van der Waals surface area contributed by atoms with Crippen LogP contribution in [0.1, 0.15) is 18.6 Å². The lowest BCUT2D eigenvalue weighted by Crippen LogP contribution is -2.21. The SMILES string of the molecule is C=C[C@H](OC(CBr)OCC)c1ccccc1I. The van der Waals surface area contributed by atoms with Gasteiger partial charge in [-0.1, -0.05) is 40.2 Å². The van der Waals surface area contributed by atoms with Crippen molar-refractivity contribution in [2.24, 2.45) is 0 Å². The molecule has 1 aromatic rings.